The van der Waals surface area contributed by atoms with Gasteiger partial charge in [-0.3, -0.25) is 0 Å². The zero-order valence-corrected chi connectivity index (χ0v) is 17.7. The molecule has 1 heterocycles. The molecule has 7 heteroatoms. The highest BCUT2D eigenvalue weighted by Gasteiger charge is 2.26. The topological polar surface area (TPSA) is 61.2 Å². The van der Waals surface area contributed by atoms with Gasteiger partial charge in [-0.25, -0.2) is 4.39 Å². The van der Waals surface area contributed by atoms with E-state index in [-0.39, 0.29) is 16.2 Å². The predicted octanol–water partition coefficient (Wildman–Crippen LogP) is 5.23. The second-order valence-corrected chi connectivity index (χ2v) is 9.54. The lowest BCUT2D eigenvalue weighted by atomic mass is 9.93. The van der Waals surface area contributed by atoms with Crippen LogP contribution in [0.25, 0.3) is 16.5 Å². The molecular formula is C23H21FN2O3S. The summed E-state index contributed by atoms with van der Waals surface area (Å²) < 4.78 is 47.0. The van der Waals surface area contributed by atoms with E-state index in [2.05, 4.69) is 5.10 Å². The fraction of sp³-hybridized carbons (Fsp3) is 0.174. The van der Waals surface area contributed by atoms with E-state index >= 15 is 0 Å². The van der Waals surface area contributed by atoms with E-state index < -0.39 is 15.9 Å². The highest BCUT2D eigenvalue weighted by Crippen LogP contribution is 2.31. The van der Waals surface area contributed by atoms with Crippen molar-refractivity contribution >= 4 is 20.9 Å². The van der Waals surface area contributed by atoms with E-state index in [0.29, 0.717) is 16.8 Å². The van der Waals surface area contributed by atoms with Gasteiger partial charge in [-0.2, -0.15) is 18.2 Å². The summed E-state index contributed by atoms with van der Waals surface area (Å²) in [7, 11) is -4.17. The number of fused-ring (bicyclic) bond motifs is 1. The van der Waals surface area contributed by atoms with Crippen molar-refractivity contribution in [3.63, 3.8) is 0 Å². The number of nitrogens with zero attached hydrogens (tertiary/aromatic N) is 2. The third-order valence-electron chi connectivity index (χ3n) is 4.71. The first kappa shape index (κ1) is 20.1. The van der Waals surface area contributed by atoms with E-state index in [9.17, 15) is 12.8 Å². The summed E-state index contributed by atoms with van der Waals surface area (Å²) in [6.45, 7) is 5.86. The molecule has 0 aliphatic carbocycles. The molecule has 0 atom stereocenters. The molecule has 0 bridgehead atoms. The van der Waals surface area contributed by atoms with Gasteiger partial charge in [0.25, 0.3) is 0 Å². The van der Waals surface area contributed by atoms with Crippen LogP contribution in [0.4, 0.5) is 4.39 Å². The quantitative estimate of drug-likeness (QED) is 0.421. The van der Waals surface area contributed by atoms with Crippen LogP contribution < -0.4 is 4.18 Å². The molecule has 0 spiro atoms. The molecule has 0 unspecified atom stereocenters. The van der Waals surface area contributed by atoms with Crippen molar-refractivity contribution in [3.05, 3.63) is 84.3 Å². The Morgan fingerprint density at radius 1 is 0.933 bits per heavy atom. The van der Waals surface area contributed by atoms with Gasteiger partial charge in [-0.05, 0) is 29.7 Å². The summed E-state index contributed by atoms with van der Waals surface area (Å²) in [6, 6.07) is 19.5. The van der Waals surface area contributed by atoms with Crippen molar-refractivity contribution in [1.82, 2.24) is 9.78 Å². The molecule has 0 amide bonds. The Morgan fingerprint density at radius 2 is 1.63 bits per heavy atom. The molecular weight excluding hydrogens is 403 g/mol. The number of hydrogen-bond acceptors (Lipinski definition) is 4. The van der Waals surface area contributed by atoms with E-state index in [1.54, 1.807) is 30.3 Å². The molecule has 4 aromatic rings. The lowest BCUT2D eigenvalue weighted by Crippen LogP contribution is -2.13. The Labute approximate surface area is 174 Å². The van der Waals surface area contributed by atoms with Crippen molar-refractivity contribution in [2.75, 3.05) is 0 Å². The molecule has 0 aliphatic rings. The summed E-state index contributed by atoms with van der Waals surface area (Å²) in [5.74, 6) is -0.457. The van der Waals surface area contributed by atoms with Crippen molar-refractivity contribution in [2.24, 2.45) is 0 Å². The average molecular weight is 424 g/mol. The molecule has 3 aromatic carbocycles. The van der Waals surface area contributed by atoms with Gasteiger partial charge in [0.05, 0.1) is 11.4 Å². The van der Waals surface area contributed by atoms with Gasteiger partial charge in [-0.15, -0.1) is 0 Å². The molecule has 0 N–H and O–H groups in total. The van der Waals surface area contributed by atoms with Gasteiger partial charge >= 0.3 is 10.1 Å². The van der Waals surface area contributed by atoms with Crippen LogP contribution in [0.5, 0.6) is 5.88 Å². The zero-order valence-electron chi connectivity index (χ0n) is 16.8. The van der Waals surface area contributed by atoms with E-state index in [1.165, 1.54) is 28.9 Å². The average Bonchev–Trinajstić information content (AvgIpc) is 3.11. The predicted molar refractivity (Wildman–Crippen MR) is 114 cm³/mol. The van der Waals surface area contributed by atoms with Crippen LogP contribution in [0.3, 0.4) is 0 Å². The van der Waals surface area contributed by atoms with Crippen LogP contribution >= 0.6 is 0 Å². The fourth-order valence-corrected chi connectivity index (χ4v) is 4.29. The number of aromatic nitrogens is 2. The maximum absolute atomic E-state index is 13.8. The van der Waals surface area contributed by atoms with Crippen LogP contribution in [0.15, 0.2) is 77.7 Å². The maximum Gasteiger partial charge on any atom is 0.341 e. The van der Waals surface area contributed by atoms with Gasteiger partial charge < -0.3 is 4.18 Å². The normalized spacial score (nSPS) is 12.3. The highest BCUT2D eigenvalue weighted by atomic mass is 32.2. The third-order valence-corrected chi connectivity index (χ3v) is 6.00. The molecule has 4 rings (SSSR count). The first-order valence-electron chi connectivity index (χ1n) is 9.44. The number of rotatable bonds is 4. The molecule has 0 fully saturated rings. The molecule has 154 valence electrons. The van der Waals surface area contributed by atoms with Crippen LogP contribution in [0.2, 0.25) is 0 Å². The first-order valence-corrected chi connectivity index (χ1v) is 10.8. The van der Waals surface area contributed by atoms with Crippen LogP contribution in [-0.2, 0) is 15.5 Å². The van der Waals surface area contributed by atoms with E-state index in [0.717, 1.165) is 5.39 Å². The lowest BCUT2D eigenvalue weighted by molar-refractivity contribution is 0.465. The van der Waals surface area contributed by atoms with Crippen molar-refractivity contribution < 1.29 is 17.0 Å². The lowest BCUT2D eigenvalue weighted by Gasteiger charge is -2.13. The van der Waals surface area contributed by atoms with Crippen LogP contribution in [0.1, 0.15) is 26.5 Å². The van der Waals surface area contributed by atoms with Gasteiger partial charge in [0.2, 0.25) is 5.88 Å². The zero-order chi connectivity index (χ0) is 21.5. The minimum atomic E-state index is -4.17. The second kappa shape index (κ2) is 7.25. The Bertz CT molecular complexity index is 1330. The number of benzene rings is 3. The van der Waals surface area contributed by atoms with Gasteiger partial charge in [0.15, 0.2) is 0 Å². The van der Waals surface area contributed by atoms with Crippen molar-refractivity contribution in [3.8, 4) is 11.6 Å². The summed E-state index contributed by atoms with van der Waals surface area (Å²) in [6.07, 6.45) is 0. The molecule has 30 heavy (non-hydrogen) atoms. The van der Waals surface area contributed by atoms with Gasteiger partial charge in [0, 0.05) is 16.9 Å². The SMILES string of the molecule is CC(C)(C)c1cc(OS(=O)(=O)c2cccc3ccccc23)n(-c2cccc(F)c2)n1. The highest BCUT2D eigenvalue weighted by molar-refractivity contribution is 7.87. The molecule has 0 saturated carbocycles. The maximum atomic E-state index is 13.8. The van der Waals surface area contributed by atoms with Crippen molar-refractivity contribution in [1.29, 1.82) is 0 Å². The Hall–Kier alpha value is -3.19. The summed E-state index contributed by atoms with van der Waals surface area (Å²) >= 11 is 0. The third kappa shape index (κ3) is 3.80. The van der Waals surface area contributed by atoms with Crippen LogP contribution in [-0.4, -0.2) is 18.2 Å². The minimum absolute atomic E-state index is 0.00143. The Kier molecular flexibility index (Phi) is 4.86. The van der Waals surface area contributed by atoms with Crippen LogP contribution in [0, 0.1) is 5.82 Å². The molecule has 5 nitrogen and oxygen atoms in total. The van der Waals surface area contributed by atoms with Crippen molar-refractivity contribution in [2.45, 2.75) is 31.1 Å². The standard InChI is InChI=1S/C23H21FN2O3S/c1-23(2,3)21-15-22(26(25-21)18-11-7-10-17(24)14-18)29-30(27,28)20-13-6-9-16-8-4-5-12-19(16)20/h4-15H,1-3H3. The monoisotopic (exact) mass is 424 g/mol. The van der Waals surface area contributed by atoms with Gasteiger partial charge in [-0.1, -0.05) is 63.2 Å². The second-order valence-electron chi connectivity index (χ2n) is 8.02. The minimum Gasteiger partial charge on any atom is -0.358 e. The summed E-state index contributed by atoms with van der Waals surface area (Å²) in [5, 5.41) is 5.84. The molecule has 0 radical (unpaired) electrons. The van der Waals surface area contributed by atoms with Gasteiger partial charge in [0.1, 0.15) is 10.7 Å². The molecule has 1 aromatic heterocycles. The fourth-order valence-electron chi connectivity index (χ4n) is 3.15. The number of halogens is 1. The molecule has 0 saturated heterocycles. The van der Waals surface area contributed by atoms with E-state index in [1.807, 2.05) is 39.0 Å². The smallest absolute Gasteiger partial charge is 0.341 e. The Morgan fingerprint density at radius 3 is 2.37 bits per heavy atom. The van der Waals surface area contributed by atoms with E-state index in [4.69, 9.17) is 4.18 Å². The largest absolute Gasteiger partial charge is 0.358 e. The number of hydrogen-bond donors (Lipinski definition) is 0. The first-order chi connectivity index (χ1) is 14.1. The summed E-state index contributed by atoms with van der Waals surface area (Å²) in [4.78, 5) is 0.0601. The summed E-state index contributed by atoms with van der Waals surface area (Å²) in [5.41, 5.74) is 0.628. The Balaban J connectivity index is 1.85. The molecule has 0 aliphatic heterocycles.